The number of rotatable bonds is 11. The van der Waals surface area contributed by atoms with E-state index in [-0.39, 0.29) is 6.54 Å². The van der Waals surface area contributed by atoms with Crippen molar-refractivity contribution in [1.82, 2.24) is 5.43 Å². The van der Waals surface area contributed by atoms with Crippen LogP contribution in [0.5, 0.6) is 0 Å². The Morgan fingerprint density at radius 2 is 1.93 bits per heavy atom. The molecule has 1 aliphatic carbocycles. The Hall–Kier alpha value is -1.01. The summed E-state index contributed by atoms with van der Waals surface area (Å²) in [5.41, 5.74) is 9.70. The summed E-state index contributed by atoms with van der Waals surface area (Å²) < 4.78 is -1.02. The standard InChI is InChI=1S/C22H35Cl2N3O2/c1-2-3-14-22(23,24)16-27(18-12-8-5-9-13-18)26-21(29)20(28)19(25)15-17-10-6-4-7-11-17/h5,8-9,12-13,17,19-20,28H,2-4,6-7,10-11,14-16,25H2,1H3,(H,26,29)/t19-,20?/m1/s1. The number of aliphatic hydroxyl groups excluding tert-OH is 1. The maximum Gasteiger partial charge on any atom is 0.268 e. The van der Waals surface area contributed by atoms with Gasteiger partial charge in [-0.3, -0.25) is 15.2 Å². The number of nitrogens with two attached hydrogens (primary N) is 1. The molecule has 1 aromatic carbocycles. The Balaban J connectivity index is 2.01. The highest BCUT2D eigenvalue weighted by molar-refractivity contribution is 6.48. The van der Waals surface area contributed by atoms with E-state index in [1.165, 1.54) is 19.3 Å². The summed E-state index contributed by atoms with van der Waals surface area (Å²) in [4.78, 5) is 12.7. The number of amides is 1. The van der Waals surface area contributed by atoms with Gasteiger partial charge in [-0.2, -0.15) is 0 Å². The third kappa shape index (κ3) is 8.33. The molecule has 0 radical (unpaired) electrons. The lowest BCUT2D eigenvalue weighted by molar-refractivity contribution is -0.130. The largest absolute Gasteiger partial charge is 0.382 e. The summed E-state index contributed by atoms with van der Waals surface area (Å²) in [7, 11) is 0. The first-order chi connectivity index (χ1) is 13.8. The van der Waals surface area contributed by atoms with Crippen molar-refractivity contribution < 1.29 is 9.90 Å². The lowest BCUT2D eigenvalue weighted by Gasteiger charge is -2.33. The van der Waals surface area contributed by atoms with Crippen molar-refractivity contribution in [1.29, 1.82) is 0 Å². The van der Waals surface area contributed by atoms with E-state index in [4.69, 9.17) is 28.9 Å². The third-order valence-electron chi connectivity index (χ3n) is 5.60. The minimum Gasteiger partial charge on any atom is -0.382 e. The van der Waals surface area contributed by atoms with Crippen LogP contribution in [-0.4, -0.2) is 34.0 Å². The number of halogens is 2. The van der Waals surface area contributed by atoms with Crippen LogP contribution in [-0.2, 0) is 4.79 Å². The van der Waals surface area contributed by atoms with Crippen molar-refractivity contribution in [2.24, 2.45) is 11.7 Å². The minimum absolute atomic E-state index is 0.205. The van der Waals surface area contributed by atoms with Gasteiger partial charge in [0.25, 0.3) is 5.91 Å². The van der Waals surface area contributed by atoms with Gasteiger partial charge in [-0.15, -0.1) is 0 Å². The summed E-state index contributed by atoms with van der Waals surface area (Å²) in [6, 6.07) is 8.76. The molecule has 0 aliphatic heterocycles. The van der Waals surface area contributed by atoms with Gasteiger partial charge in [-0.05, 0) is 30.9 Å². The zero-order chi connectivity index (χ0) is 21.3. The van der Waals surface area contributed by atoms with Crippen LogP contribution in [0.25, 0.3) is 0 Å². The molecular weight excluding hydrogens is 409 g/mol. The number of carbonyl (C=O) groups is 1. The van der Waals surface area contributed by atoms with Crippen molar-refractivity contribution in [3.8, 4) is 0 Å². The third-order valence-corrected chi connectivity index (χ3v) is 6.22. The smallest absolute Gasteiger partial charge is 0.268 e. The van der Waals surface area contributed by atoms with Crippen molar-refractivity contribution in [3.05, 3.63) is 30.3 Å². The van der Waals surface area contributed by atoms with Gasteiger partial charge in [-0.1, -0.05) is 93.3 Å². The number of para-hydroxylation sites is 1. The molecule has 2 rings (SSSR count). The van der Waals surface area contributed by atoms with Gasteiger partial charge in [0.1, 0.15) is 10.4 Å². The van der Waals surface area contributed by atoms with Crippen molar-refractivity contribution in [2.75, 3.05) is 11.6 Å². The Morgan fingerprint density at radius 3 is 2.55 bits per heavy atom. The van der Waals surface area contributed by atoms with Crippen LogP contribution in [0.2, 0.25) is 0 Å². The number of hydrogen-bond donors (Lipinski definition) is 3. The molecule has 2 atom stereocenters. The number of nitrogens with zero attached hydrogens (tertiary/aromatic N) is 1. The molecule has 1 aromatic rings. The minimum atomic E-state index is -1.28. The molecule has 0 heterocycles. The molecule has 1 saturated carbocycles. The maximum atomic E-state index is 12.7. The van der Waals surface area contributed by atoms with Crippen molar-refractivity contribution in [3.63, 3.8) is 0 Å². The molecule has 1 unspecified atom stereocenters. The predicted molar refractivity (Wildman–Crippen MR) is 121 cm³/mol. The Bertz CT molecular complexity index is 609. The van der Waals surface area contributed by atoms with E-state index in [1.54, 1.807) is 5.01 Å². The van der Waals surface area contributed by atoms with Crippen LogP contribution >= 0.6 is 23.2 Å². The molecule has 7 heteroatoms. The van der Waals surface area contributed by atoms with Gasteiger partial charge in [0.15, 0.2) is 0 Å². The second kappa shape index (κ2) is 12.0. The Kier molecular flexibility index (Phi) is 10.0. The van der Waals surface area contributed by atoms with E-state index in [1.807, 2.05) is 30.3 Å². The summed E-state index contributed by atoms with van der Waals surface area (Å²) in [5, 5.41) is 12.1. The second-order valence-corrected chi connectivity index (χ2v) is 9.85. The normalized spacial score (nSPS) is 17.6. The fourth-order valence-electron chi connectivity index (χ4n) is 3.88. The highest BCUT2D eigenvalue weighted by Crippen LogP contribution is 2.30. The van der Waals surface area contributed by atoms with E-state index in [9.17, 15) is 9.90 Å². The number of anilines is 1. The lowest BCUT2D eigenvalue weighted by atomic mass is 9.84. The number of unbranched alkanes of at least 4 members (excludes halogenated alkanes) is 1. The van der Waals surface area contributed by atoms with E-state index < -0.39 is 22.4 Å². The molecule has 0 bridgehead atoms. The predicted octanol–water partition coefficient (Wildman–Crippen LogP) is 4.55. The van der Waals surface area contributed by atoms with Crippen LogP contribution < -0.4 is 16.2 Å². The van der Waals surface area contributed by atoms with E-state index in [0.717, 1.165) is 31.4 Å². The molecule has 0 spiro atoms. The van der Waals surface area contributed by atoms with E-state index >= 15 is 0 Å². The van der Waals surface area contributed by atoms with E-state index in [2.05, 4.69) is 12.3 Å². The molecule has 0 aromatic heterocycles. The Labute approximate surface area is 184 Å². The maximum absolute atomic E-state index is 12.7. The first-order valence-electron chi connectivity index (χ1n) is 10.8. The Morgan fingerprint density at radius 1 is 1.28 bits per heavy atom. The van der Waals surface area contributed by atoms with Crippen molar-refractivity contribution in [2.45, 2.75) is 81.2 Å². The van der Waals surface area contributed by atoms with Gasteiger partial charge in [0, 0.05) is 6.04 Å². The monoisotopic (exact) mass is 443 g/mol. The summed E-state index contributed by atoms with van der Waals surface area (Å²) in [6.45, 7) is 2.28. The first kappa shape index (κ1) is 24.3. The highest BCUT2D eigenvalue weighted by Gasteiger charge is 2.31. The van der Waals surface area contributed by atoms with Gasteiger partial charge < -0.3 is 10.8 Å². The molecule has 4 N–H and O–H groups in total. The molecule has 1 aliphatic rings. The summed E-state index contributed by atoms with van der Waals surface area (Å²) in [6.07, 6.45) is 7.76. The van der Waals surface area contributed by atoms with Gasteiger partial charge in [0.2, 0.25) is 0 Å². The fourth-order valence-corrected chi connectivity index (χ4v) is 4.39. The van der Waals surface area contributed by atoms with Gasteiger partial charge >= 0.3 is 0 Å². The fraction of sp³-hybridized carbons (Fsp3) is 0.682. The summed E-state index contributed by atoms with van der Waals surface area (Å²) in [5.74, 6) is -0.0457. The molecule has 164 valence electrons. The number of benzene rings is 1. The number of hydrazine groups is 1. The number of nitrogens with one attached hydrogen (secondary N) is 1. The van der Waals surface area contributed by atoms with Crippen LogP contribution in [0, 0.1) is 5.92 Å². The lowest BCUT2D eigenvalue weighted by Crippen LogP contribution is -2.55. The zero-order valence-electron chi connectivity index (χ0n) is 17.3. The summed E-state index contributed by atoms with van der Waals surface area (Å²) >= 11 is 13.0. The SMILES string of the molecule is CCCCC(Cl)(Cl)CN(NC(=O)C(O)[C@H](N)CC1CCCCC1)c1ccccc1. The average Bonchev–Trinajstić information content (AvgIpc) is 2.72. The van der Waals surface area contributed by atoms with Gasteiger partial charge in [0.05, 0.1) is 12.2 Å². The zero-order valence-corrected chi connectivity index (χ0v) is 18.8. The average molecular weight is 444 g/mol. The van der Waals surface area contributed by atoms with Crippen LogP contribution in [0.15, 0.2) is 30.3 Å². The highest BCUT2D eigenvalue weighted by atomic mass is 35.5. The number of aliphatic hydroxyl groups is 1. The number of hydrogen-bond acceptors (Lipinski definition) is 4. The number of carbonyl (C=O) groups excluding carboxylic acids is 1. The molecule has 1 fully saturated rings. The van der Waals surface area contributed by atoms with Crippen LogP contribution in [0.4, 0.5) is 5.69 Å². The second-order valence-electron chi connectivity index (χ2n) is 8.21. The van der Waals surface area contributed by atoms with Crippen LogP contribution in [0.1, 0.15) is 64.7 Å². The van der Waals surface area contributed by atoms with Crippen molar-refractivity contribution >= 4 is 34.8 Å². The molecule has 1 amide bonds. The van der Waals surface area contributed by atoms with Crippen LogP contribution in [0.3, 0.4) is 0 Å². The molecule has 5 nitrogen and oxygen atoms in total. The quantitative estimate of drug-likeness (QED) is 0.346. The van der Waals surface area contributed by atoms with E-state index in [0.29, 0.717) is 18.8 Å². The number of alkyl halides is 2. The molecule has 0 saturated heterocycles. The van der Waals surface area contributed by atoms with Gasteiger partial charge in [-0.25, -0.2) is 0 Å². The molecule has 29 heavy (non-hydrogen) atoms. The first-order valence-corrected chi connectivity index (χ1v) is 11.5. The molecular formula is C22H35Cl2N3O2. The topological polar surface area (TPSA) is 78.6 Å².